The number of carboxylic acids is 3. The van der Waals surface area contributed by atoms with Crippen LogP contribution < -0.4 is 22.9 Å². The van der Waals surface area contributed by atoms with Gasteiger partial charge in [-0.1, -0.05) is 0 Å². The average molecular weight is 370 g/mol. The zero-order chi connectivity index (χ0) is 19.7. The molecule has 1 amide bonds. The van der Waals surface area contributed by atoms with Gasteiger partial charge in [-0.2, -0.15) is 11.8 Å². The molecule has 0 saturated heterocycles. The van der Waals surface area contributed by atoms with Crippen LogP contribution in [0.2, 0.25) is 0 Å². The highest BCUT2D eigenvalue weighted by molar-refractivity contribution is 7.98. The van der Waals surface area contributed by atoms with Crippen molar-refractivity contribution in [2.75, 3.05) is 18.6 Å². The molecule has 0 aliphatic carbocycles. The molecule has 0 spiro atoms. The minimum absolute atomic E-state index is 0.0213. The highest BCUT2D eigenvalue weighted by atomic mass is 32.2. The number of hydrogen-bond donors (Lipinski definition) is 7. The van der Waals surface area contributed by atoms with Crippen LogP contribution in [0.1, 0.15) is 19.3 Å². The van der Waals surface area contributed by atoms with Crippen molar-refractivity contribution in [2.45, 2.75) is 31.3 Å². The molecule has 0 saturated carbocycles. The van der Waals surface area contributed by atoms with E-state index in [0.29, 0.717) is 6.42 Å². The van der Waals surface area contributed by atoms with Crippen LogP contribution in [0.25, 0.3) is 0 Å². The molecule has 142 valence electrons. The van der Waals surface area contributed by atoms with Crippen molar-refractivity contribution in [1.29, 1.82) is 0 Å². The average Bonchev–Trinajstić information content (AvgIpc) is 2.50. The Balaban J connectivity index is -0.000000291. The number of carboxylic acid groups (broad SMARTS) is 3. The van der Waals surface area contributed by atoms with Crippen molar-refractivity contribution in [3.8, 4) is 0 Å². The van der Waals surface area contributed by atoms with E-state index in [4.69, 9.17) is 32.5 Å². The van der Waals surface area contributed by atoms with Gasteiger partial charge in [0.25, 0.3) is 0 Å². The second-order valence-corrected chi connectivity index (χ2v) is 5.26. The molecule has 11 nitrogen and oxygen atoms in total. The van der Waals surface area contributed by atoms with Gasteiger partial charge in [0.05, 0.1) is 6.54 Å². The van der Waals surface area contributed by atoms with E-state index in [1.54, 1.807) is 11.8 Å². The molecule has 0 rings (SSSR count). The molecular formula is C12H26N4O7S. The highest BCUT2D eigenvalue weighted by Crippen LogP contribution is 1.97. The molecule has 0 bridgehead atoms. The number of thioether (sulfide) groups is 1. The standard InChI is InChI=1S/C5H10N2O3.C5H11NO2S.C2H5NO2/c6-3(5(9)10)1-2-4(7)8;1-9-3-2-4(6)5(7)8;3-1-2(4)5/h3H,1-2,6H2,(H2,7,8)(H,9,10);4H,2-3,6H2,1H3,(H,7,8);1,3H2,(H,4,5)/t3-;4-;/m00./s1. The number of primary amides is 1. The van der Waals surface area contributed by atoms with E-state index in [2.05, 4.69) is 5.73 Å². The first kappa shape index (κ1) is 27.0. The Kier molecular flexibility index (Phi) is 19.6. The fraction of sp³-hybridized carbons (Fsp3) is 0.667. The van der Waals surface area contributed by atoms with Gasteiger partial charge in [0.15, 0.2) is 0 Å². The van der Waals surface area contributed by atoms with E-state index in [1.165, 1.54) is 0 Å². The molecule has 0 aromatic heterocycles. The van der Waals surface area contributed by atoms with Gasteiger partial charge in [0.2, 0.25) is 5.91 Å². The van der Waals surface area contributed by atoms with E-state index in [9.17, 15) is 19.2 Å². The van der Waals surface area contributed by atoms with Crippen LogP contribution in [-0.4, -0.2) is 69.8 Å². The Morgan fingerprint density at radius 1 is 0.958 bits per heavy atom. The molecular weight excluding hydrogens is 344 g/mol. The fourth-order valence-corrected chi connectivity index (χ4v) is 1.28. The molecule has 24 heavy (non-hydrogen) atoms. The van der Waals surface area contributed by atoms with E-state index in [0.717, 1.165) is 5.75 Å². The minimum Gasteiger partial charge on any atom is -0.480 e. The Morgan fingerprint density at radius 2 is 1.33 bits per heavy atom. The van der Waals surface area contributed by atoms with Gasteiger partial charge >= 0.3 is 17.9 Å². The summed E-state index contributed by atoms with van der Waals surface area (Å²) in [6.45, 7) is -0.278. The number of carbonyl (C=O) groups is 4. The Labute approximate surface area is 143 Å². The summed E-state index contributed by atoms with van der Waals surface area (Å²) in [5.74, 6) is -2.71. The topological polar surface area (TPSA) is 233 Å². The lowest BCUT2D eigenvalue weighted by Gasteiger charge is -2.02. The second-order valence-electron chi connectivity index (χ2n) is 4.27. The zero-order valence-corrected chi connectivity index (χ0v) is 14.2. The van der Waals surface area contributed by atoms with Gasteiger partial charge < -0.3 is 38.3 Å². The second kappa shape index (κ2) is 17.5. The predicted molar refractivity (Wildman–Crippen MR) is 89.3 cm³/mol. The molecule has 0 aliphatic heterocycles. The van der Waals surface area contributed by atoms with E-state index in [1.807, 2.05) is 6.26 Å². The fourth-order valence-electron chi connectivity index (χ4n) is 0.790. The molecule has 2 atom stereocenters. The largest absolute Gasteiger partial charge is 0.480 e. The molecule has 0 fully saturated rings. The molecule has 0 aromatic carbocycles. The van der Waals surface area contributed by atoms with Crippen LogP contribution in [-0.2, 0) is 19.2 Å². The highest BCUT2D eigenvalue weighted by Gasteiger charge is 2.11. The third kappa shape index (κ3) is 25.1. The monoisotopic (exact) mass is 370 g/mol. The summed E-state index contributed by atoms with van der Waals surface area (Å²) in [6, 6.07) is -1.66. The van der Waals surface area contributed by atoms with Crippen molar-refractivity contribution in [1.82, 2.24) is 0 Å². The molecule has 0 aromatic rings. The molecule has 12 heteroatoms. The summed E-state index contributed by atoms with van der Waals surface area (Å²) in [4.78, 5) is 39.4. The molecule has 0 radical (unpaired) electrons. The van der Waals surface area contributed by atoms with E-state index < -0.39 is 35.9 Å². The number of hydrogen-bond acceptors (Lipinski definition) is 8. The van der Waals surface area contributed by atoms with Crippen LogP contribution in [0.5, 0.6) is 0 Å². The minimum atomic E-state index is -1.11. The van der Waals surface area contributed by atoms with Gasteiger partial charge in [0.1, 0.15) is 12.1 Å². The first-order valence-electron chi connectivity index (χ1n) is 6.65. The number of aliphatic carboxylic acids is 3. The Hall–Kier alpha value is -1.89. The maximum absolute atomic E-state index is 10.1. The van der Waals surface area contributed by atoms with E-state index in [-0.39, 0.29) is 19.4 Å². The summed E-state index contributed by atoms with van der Waals surface area (Å²) in [7, 11) is 0. The van der Waals surface area contributed by atoms with Crippen molar-refractivity contribution in [3.05, 3.63) is 0 Å². The number of carbonyl (C=O) groups excluding carboxylic acids is 1. The van der Waals surface area contributed by atoms with Gasteiger partial charge in [-0.3, -0.25) is 19.2 Å². The SMILES string of the molecule is CSCC[C@H](N)C(=O)O.NC(=O)CC[C@H](N)C(=O)O.NCC(=O)O. The molecule has 0 aliphatic rings. The summed E-state index contributed by atoms with van der Waals surface area (Å²) >= 11 is 1.60. The predicted octanol–water partition coefficient (Wildman–Crippen LogP) is -2.16. The molecule has 0 heterocycles. The normalized spacial score (nSPS) is 11.7. The lowest BCUT2D eigenvalue weighted by molar-refractivity contribution is -0.139. The quantitative estimate of drug-likeness (QED) is 0.231. The third-order valence-electron chi connectivity index (χ3n) is 2.14. The van der Waals surface area contributed by atoms with Gasteiger partial charge in [0, 0.05) is 6.42 Å². The van der Waals surface area contributed by atoms with Crippen molar-refractivity contribution >= 4 is 35.6 Å². The molecule has 11 N–H and O–H groups in total. The van der Waals surface area contributed by atoms with Crippen molar-refractivity contribution in [2.24, 2.45) is 22.9 Å². The van der Waals surface area contributed by atoms with Gasteiger partial charge in [-0.15, -0.1) is 0 Å². The van der Waals surface area contributed by atoms with Crippen LogP contribution >= 0.6 is 11.8 Å². The number of nitrogens with two attached hydrogens (primary N) is 4. The maximum Gasteiger partial charge on any atom is 0.320 e. The van der Waals surface area contributed by atoms with Crippen molar-refractivity contribution in [3.63, 3.8) is 0 Å². The summed E-state index contributed by atoms with van der Waals surface area (Å²) in [5, 5.41) is 24.1. The third-order valence-corrected chi connectivity index (χ3v) is 2.79. The number of amides is 1. The van der Waals surface area contributed by atoms with Gasteiger partial charge in [-0.05, 0) is 24.9 Å². The Bertz CT molecular complexity index is 396. The van der Waals surface area contributed by atoms with Crippen LogP contribution in [0.15, 0.2) is 0 Å². The smallest absolute Gasteiger partial charge is 0.320 e. The van der Waals surface area contributed by atoms with Gasteiger partial charge in [-0.25, -0.2) is 0 Å². The lowest BCUT2D eigenvalue weighted by Crippen LogP contribution is -2.31. The van der Waals surface area contributed by atoms with Crippen LogP contribution in [0.4, 0.5) is 0 Å². The zero-order valence-electron chi connectivity index (χ0n) is 13.4. The van der Waals surface area contributed by atoms with Crippen LogP contribution in [0, 0.1) is 0 Å². The summed E-state index contributed by atoms with van der Waals surface area (Å²) < 4.78 is 0. The van der Waals surface area contributed by atoms with Crippen molar-refractivity contribution < 1.29 is 34.5 Å². The maximum atomic E-state index is 10.1. The first-order valence-corrected chi connectivity index (χ1v) is 8.04. The summed E-state index contributed by atoms with van der Waals surface area (Å²) in [5.41, 5.74) is 19.6. The Morgan fingerprint density at radius 3 is 1.58 bits per heavy atom. The number of rotatable bonds is 9. The lowest BCUT2D eigenvalue weighted by atomic mass is 10.2. The summed E-state index contributed by atoms with van der Waals surface area (Å²) in [6.07, 6.45) is 2.60. The first-order chi connectivity index (χ1) is 11.0. The van der Waals surface area contributed by atoms with E-state index >= 15 is 0 Å². The van der Waals surface area contributed by atoms with Crippen LogP contribution in [0.3, 0.4) is 0 Å². The molecule has 0 unspecified atom stereocenters.